The molecular formula is C19H15N3O5S. The van der Waals surface area contributed by atoms with Gasteiger partial charge in [0.05, 0.1) is 23.9 Å². The molecule has 1 N–H and O–H groups in total. The molecule has 0 amide bonds. The number of ether oxygens (including phenoxy) is 2. The summed E-state index contributed by atoms with van der Waals surface area (Å²) in [6, 6.07) is 14.4. The topological polar surface area (TPSA) is 103 Å². The van der Waals surface area contributed by atoms with Crippen LogP contribution < -0.4 is 14.9 Å². The van der Waals surface area contributed by atoms with Crippen molar-refractivity contribution in [3.05, 3.63) is 80.5 Å². The molecule has 0 atom stereocenters. The first-order valence-electron chi connectivity index (χ1n) is 8.04. The van der Waals surface area contributed by atoms with Gasteiger partial charge in [0, 0.05) is 12.1 Å². The minimum Gasteiger partial charge on any atom is -0.493 e. The Hall–Kier alpha value is -3.72. The lowest BCUT2D eigenvalue weighted by Gasteiger charge is -2.09. The van der Waals surface area contributed by atoms with Gasteiger partial charge in [0.25, 0.3) is 5.69 Å². The molecule has 9 heteroatoms. The number of thiophene rings is 1. The van der Waals surface area contributed by atoms with Gasteiger partial charge in [-0.3, -0.25) is 15.5 Å². The Morgan fingerprint density at radius 1 is 1.18 bits per heavy atom. The first-order chi connectivity index (χ1) is 13.6. The molecule has 3 aromatic rings. The van der Waals surface area contributed by atoms with E-state index in [1.165, 1.54) is 30.6 Å². The second-order valence-corrected chi connectivity index (χ2v) is 6.40. The summed E-state index contributed by atoms with van der Waals surface area (Å²) in [5, 5.41) is 16.5. The van der Waals surface area contributed by atoms with E-state index in [9.17, 15) is 14.9 Å². The van der Waals surface area contributed by atoms with Gasteiger partial charge in [0.2, 0.25) is 0 Å². The number of esters is 1. The predicted octanol–water partition coefficient (Wildman–Crippen LogP) is 4.33. The van der Waals surface area contributed by atoms with Crippen molar-refractivity contribution in [2.45, 2.75) is 0 Å². The summed E-state index contributed by atoms with van der Waals surface area (Å²) in [5.41, 5.74) is 4.11. The van der Waals surface area contributed by atoms with E-state index in [2.05, 4.69) is 10.5 Å². The SMILES string of the molecule is COc1cc(/C=N\Nc2ccc([N+](=O)[O-])cc2)ccc1OC(=O)c1cccs1. The van der Waals surface area contributed by atoms with Crippen LogP contribution in [0.4, 0.5) is 11.4 Å². The highest BCUT2D eigenvalue weighted by Gasteiger charge is 2.13. The summed E-state index contributed by atoms with van der Waals surface area (Å²) in [6.45, 7) is 0. The number of nitrogens with one attached hydrogen (secondary N) is 1. The van der Waals surface area contributed by atoms with Crippen molar-refractivity contribution in [3.63, 3.8) is 0 Å². The van der Waals surface area contributed by atoms with Crippen LogP contribution in [-0.2, 0) is 0 Å². The second kappa shape index (κ2) is 8.78. The normalized spacial score (nSPS) is 10.6. The van der Waals surface area contributed by atoms with Crippen LogP contribution in [-0.4, -0.2) is 24.2 Å². The number of nitro groups is 1. The first-order valence-corrected chi connectivity index (χ1v) is 8.92. The number of anilines is 1. The van der Waals surface area contributed by atoms with Gasteiger partial charge in [-0.2, -0.15) is 5.10 Å². The Labute approximate surface area is 164 Å². The highest BCUT2D eigenvalue weighted by molar-refractivity contribution is 7.12. The molecule has 3 rings (SSSR count). The van der Waals surface area contributed by atoms with E-state index in [-0.39, 0.29) is 5.69 Å². The molecule has 0 aliphatic rings. The average Bonchev–Trinajstić information content (AvgIpc) is 3.24. The van der Waals surface area contributed by atoms with E-state index in [1.54, 1.807) is 54.1 Å². The fraction of sp³-hybridized carbons (Fsp3) is 0.0526. The van der Waals surface area contributed by atoms with Crippen molar-refractivity contribution < 1.29 is 19.2 Å². The molecule has 8 nitrogen and oxygen atoms in total. The smallest absolute Gasteiger partial charge is 0.353 e. The summed E-state index contributed by atoms with van der Waals surface area (Å²) < 4.78 is 10.7. The zero-order valence-electron chi connectivity index (χ0n) is 14.7. The number of carbonyl (C=O) groups excluding carboxylic acids is 1. The van der Waals surface area contributed by atoms with Gasteiger partial charge in [0.15, 0.2) is 11.5 Å². The van der Waals surface area contributed by atoms with Gasteiger partial charge in [0.1, 0.15) is 4.88 Å². The molecule has 1 heterocycles. The molecule has 0 fully saturated rings. The fourth-order valence-electron chi connectivity index (χ4n) is 2.23. The largest absolute Gasteiger partial charge is 0.493 e. The van der Waals surface area contributed by atoms with Gasteiger partial charge in [-0.25, -0.2) is 4.79 Å². The Morgan fingerprint density at radius 3 is 2.61 bits per heavy atom. The summed E-state index contributed by atoms with van der Waals surface area (Å²) in [4.78, 5) is 22.8. The molecule has 142 valence electrons. The van der Waals surface area contributed by atoms with Crippen LogP contribution in [0.1, 0.15) is 15.2 Å². The summed E-state index contributed by atoms with van der Waals surface area (Å²) >= 11 is 1.30. The standard InChI is InChI=1S/C19H15N3O5S/c1-26-17-11-13(4-9-16(17)27-19(23)18-3-2-10-28-18)12-20-21-14-5-7-15(8-6-14)22(24)25/h2-12,21H,1H3/b20-12-. The Bertz CT molecular complexity index is 1000. The monoisotopic (exact) mass is 397 g/mol. The predicted molar refractivity (Wildman–Crippen MR) is 107 cm³/mol. The zero-order chi connectivity index (χ0) is 19.9. The Kier molecular flexibility index (Phi) is 5.97. The number of hydrazone groups is 1. The number of carbonyl (C=O) groups is 1. The number of nitro benzene ring substituents is 1. The molecule has 28 heavy (non-hydrogen) atoms. The summed E-state index contributed by atoms with van der Waals surface area (Å²) in [6.07, 6.45) is 1.55. The molecule has 1 aromatic heterocycles. The highest BCUT2D eigenvalue weighted by Crippen LogP contribution is 2.29. The molecule has 0 spiro atoms. The molecule has 0 aliphatic carbocycles. The minimum absolute atomic E-state index is 0.00644. The van der Waals surface area contributed by atoms with Crippen LogP contribution in [0.15, 0.2) is 65.1 Å². The van der Waals surface area contributed by atoms with E-state index in [0.717, 1.165) is 0 Å². The van der Waals surface area contributed by atoms with Crippen molar-refractivity contribution in [2.24, 2.45) is 5.10 Å². The van der Waals surface area contributed by atoms with Crippen LogP contribution in [0.2, 0.25) is 0 Å². The second-order valence-electron chi connectivity index (χ2n) is 5.45. The summed E-state index contributed by atoms with van der Waals surface area (Å²) in [7, 11) is 1.48. The van der Waals surface area contributed by atoms with Crippen LogP contribution in [0.3, 0.4) is 0 Å². The van der Waals surface area contributed by atoms with E-state index in [0.29, 0.717) is 27.6 Å². The van der Waals surface area contributed by atoms with Crippen molar-refractivity contribution in [1.82, 2.24) is 0 Å². The number of benzene rings is 2. The highest BCUT2D eigenvalue weighted by atomic mass is 32.1. The third kappa shape index (κ3) is 4.71. The maximum atomic E-state index is 12.1. The zero-order valence-corrected chi connectivity index (χ0v) is 15.5. The Morgan fingerprint density at radius 2 is 1.96 bits per heavy atom. The first kappa shape index (κ1) is 19.1. The van der Waals surface area contributed by atoms with Crippen molar-refractivity contribution in [3.8, 4) is 11.5 Å². The lowest BCUT2D eigenvalue weighted by atomic mass is 10.2. The maximum Gasteiger partial charge on any atom is 0.353 e. The number of hydrogen-bond donors (Lipinski definition) is 1. The molecular weight excluding hydrogens is 382 g/mol. The quantitative estimate of drug-likeness (QED) is 0.209. The number of rotatable bonds is 7. The minimum atomic E-state index is -0.466. The lowest BCUT2D eigenvalue weighted by molar-refractivity contribution is -0.384. The van der Waals surface area contributed by atoms with E-state index < -0.39 is 10.9 Å². The molecule has 0 bridgehead atoms. The lowest BCUT2D eigenvalue weighted by Crippen LogP contribution is -2.07. The van der Waals surface area contributed by atoms with Crippen molar-refractivity contribution in [2.75, 3.05) is 12.5 Å². The van der Waals surface area contributed by atoms with E-state index in [1.807, 2.05) is 0 Å². The maximum absolute atomic E-state index is 12.1. The molecule has 0 saturated carbocycles. The van der Waals surface area contributed by atoms with Crippen LogP contribution in [0, 0.1) is 10.1 Å². The molecule has 0 unspecified atom stereocenters. The molecule has 0 aliphatic heterocycles. The Balaban J connectivity index is 1.66. The van der Waals surface area contributed by atoms with Gasteiger partial charge in [-0.15, -0.1) is 11.3 Å². The fourth-order valence-corrected chi connectivity index (χ4v) is 2.83. The van der Waals surface area contributed by atoms with Crippen molar-refractivity contribution in [1.29, 1.82) is 0 Å². The van der Waals surface area contributed by atoms with Gasteiger partial charge in [-0.05, 0) is 47.3 Å². The van der Waals surface area contributed by atoms with Gasteiger partial charge in [-0.1, -0.05) is 6.07 Å². The number of nitrogens with zero attached hydrogens (tertiary/aromatic N) is 2. The van der Waals surface area contributed by atoms with Gasteiger partial charge >= 0.3 is 5.97 Å². The van der Waals surface area contributed by atoms with Crippen LogP contribution in [0.25, 0.3) is 0 Å². The number of non-ortho nitro benzene ring substituents is 1. The molecule has 2 aromatic carbocycles. The van der Waals surface area contributed by atoms with E-state index >= 15 is 0 Å². The van der Waals surface area contributed by atoms with E-state index in [4.69, 9.17) is 9.47 Å². The van der Waals surface area contributed by atoms with Crippen LogP contribution in [0.5, 0.6) is 11.5 Å². The van der Waals surface area contributed by atoms with Crippen LogP contribution >= 0.6 is 11.3 Å². The van der Waals surface area contributed by atoms with Gasteiger partial charge < -0.3 is 9.47 Å². The number of hydrogen-bond acceptors (Lipinski definition) is 8. The van der Waals surface area contributed by atoms with Crippen molar-refractivity contribution >= 4 is 34.9 Å². The summed E-state index contributed by atoms with van der Waals surface area (Å²) in [5.74, 6) is 0.250. The third-order valence-electron chi connectivity index (χ3n) is 3.60. The average molecular weight is 397 g/mol. The third-order valence-corrected chi connectivity index (χ3v) is 4.45. The molecule has 0 saturated heterocycles. The molecule has 0 radical (unpaired) electrons. The number of methoxy groups -OCH3 is 1.